The molecule has 3 N–H and O–H groups in total. The number of amides is 1. The Morgan fingerprint density at radius 1 is 1.35 bits per heavy atom. The predicted molar refractivity (Wildman–Crippen MR) is 106 cm³/mol. The SMILES string of the molecule is CCOC1CC(N)(C(=O)NCC(C)COCc2ccccc2)C1(C)C.Cl. The van der Waals surface area contributed by atoms with Gasteiger partial charge >= 0.3 is 0 Å². The van der Waals surface area contributed by atoms with Gasteiger partial charge in [-0.05, 0) is 18.4 Å². The summed E-state index contributed by atoms with van der Waals surface area (Å²) in [6.45, 7) is 10.4. The first-order valence-electron chi connectivity index (χ1n) is 9.11. The van der Waals surface area contributed by atoms with Crippen molar-refractivity contribution in [3.8, 4) is 0 Å². The lowest BCUT2D eigenvalue weighted by molar-refractivity contribution is -0.170. The zero-order valence-corrected chi connectivity index (χ0v) is 17.1. The lowest BCUT2D eigenvalue weighted by Crippen LogP contribution is -2.75. The molecule has 0 aromatic heterocycles. The molecule has 5 nitrogen and oxygen atoms in total. The monoisotopic (exact) mass is 384 g/mol. The van der Waals surface area contributed by atoms with Crippen molar-refractivity contribution in [2.45, 2.75) is 52.4 Å². The maximum absolute atomic E-state index is 12.6. The van der Waals surface area contributed by atoms with E-state index in [0.29, 0.717) is 32.8 Å². The van der Waals surface area contributed by atoms with Gasteiger partial charge in [-0.15, -0.1) is 12.4 Å². The number of carbonyl (C=O) groups excluding carboxylic acids is 1. The van der Waals surface area contributed by atoms with Crippen LogP contribution in [0.3, 0.4) is 0 Å². The fourth-order valence-corrected chi connectivity index (χ4v) is 3.26. The molecule has 0 spiro atoms. The molecule has 1 aliphatic rings. The van der Waals surface area contributed by atoms with Crippen LogP contribution in [-0.4, -0.2) is 37.3 Å². The Kier molecular flexibility index (Phi) is 8.54. The Hall–Kier alpha value is -1.14. The summed E-state index contributed by atoms with van der Waals surface area (Å²) in [5.74, 6) is 0.130. The van der Waals surface area contributed by atoms with E-state index in [2.05, 4.69) is 12.2 Å². The van der Waals surface area contributed by atoms with Crippen molar-refractivity contribution in [2.75, 3.05) is 19.8 Å². The normalized spacial score (nSPS) is 24.9. The third-order valence-electron chi connectivity index (χ3n) is 5.36. The highest BCUT2D eigenvalue weighted by atomic mass is 35.5. The average molecular weight is 385 g/mol. The van der Waals surface area contributed by atoms with Gasteiger partial charge in [0.25, 0.3) is 0 Å². The lowest BCUT2D eigenvalue weighted by atomic mass is 9.54. The standard InChI is InChI=1S/C20H32N2O3.ClH/c1-5-25-17-11-20(21,19(17,3)4)18(23)22-12-15(2)13-24-14-16-9-7-6-8-10-16;/h6-10,15,17H,5,11-14,21H2,1-4H3,(H,22,23);1H. The Morgan fingerprint density at radius 3 is 2.58 bits per heavy atom. The molecule has 2 rings (SSSR count). The second kappa shape index (κ2) is 9.70. The van der Waals surface area contributed by atoms with E-state index in [1.807, 2.05) is 51.1 Å². The molecule has 26 heavy (non-hydrogen) atoms. The third kappa shape index (κ3) is 4.97. The second-order valence-corrected chi connectivity index (χ2v) is 7.66. The first kappa shape index (κ1) is 22.9. The van der Waals surface area contributed by atoms with E-state index in [1.165, 1.54) is 0 Å². The van der Waals surface area contributed by atoms with Gasteiger partial charge < -0.3 is 20.5 Å². The van der Waals surface area contributed by atoms with E-state index in [4.69, 9.17) is 15.2 Å². The molecule has 1 fully saturated rings. The molecule has 0 heterocycles. The zero-order chi connectivity index (χ0) is 18.5. The summed E-state index contributed by atoms with van der Waals surface area (Å²) < 4.78 is 11.4. The van der Waals surface area contributed by atoms with Crippen molar-refractivity contribution in [3.05, 3.63) is 35.9 Å². The first-order chi connectivity index (χ1) is 11.8. The number of carbonyl (C=O) groups is 1. The van der Waals surface area contributed by atoms with Gasteiger partial charge in [0, 0.05) is 25.0 Å². The van der Waals surface area contributed by atoms with Gasteiger partial charge in [-0.25, -0.2) is 0 Å². The number of hydrogen-bond acceptors (Lipinski definition) is 4. The van der Waals surface area contributed by atoms with Crippen LogP contribution < -0.4 is 11.1 Å². The molecule has 6 heteroatoms. The molecule has 1 aromatic rings. The highest BCUT2D eigenvalue weighted by molar-refractivity contribution is 5.88. The topological polar surface area (TPSA) is 73.6 Å². The number of nitrogens with two attached hydrogens (primary N) is 1. The number of hydrogen-bond donors (Lipinski definition) is 2. The van der Waals surface area contributed by atoms with Crippen LogP contribution >= 0.6 is 12.4 Å². The summed E-state index contributed by atoms with van der Waals surface area (Å²) in [5, 5.41) is 2.99. The molecular formula is C20H33ClN2O3. The molecule has 3 unspecified atom stereocenters. The van der Waals surface area contributed by atoms with E-state index in [0.717, 1.165) is 5.56 Å². The van der Waals surface area contributed by atoms with Crippen molar-refractivity contribution in [1.82, 2.24) is 5.32 Å². The Balaban J connectivity index is 0.00000338. The number of halogens is 1. The molecular weight excluding hydrogens is 352 g/mol. The molecule has 0 radical (unpaired) electrons. The van der Waals surface area contributed by atoms with Gasteiger partial charge in [0.15, 0.2) is 0 Å². The average Bonchev–Trinajstić information content (AvgIpc) is 2.60. The quantitative estimate of drug-likeness (QED) is 0.686. The van der Waals surface area contributed by atoms with E-state index >= 15 is 0 Å². The van der Waals surface area contributed by atoms with Gasteiger partial charge in [0.1, 0.15) is 5.54 Å². The van der Waals surface area contributed by atoms with E-state index in [-0.39, 0.29) is 35.8 Å². The van der Waals surface area contributed by atoms with Gasteiger partial charge in [-0.1, -0.05) is 51.1 Å². The summed E-state index contributed by atoms with van der Waals surface area (Å²) in [5.41, 5.74) is 6.31. The number of benzene rings is 1. The predicted octanol–water partition coefficient (Wildman–Crippen LogP) is 2.91. The molecule has 1 aromatic carbocycles. The summed E-state index contributed by atoms with van der Waals surface area (Å²) in [4.78, 5) is 12.6. The van der Waals surface area contributed by atoms with Gasteiger partial charge in [-0.3, -0.25) is 4.79 Å². The van der Waals surface area contributed by atoms with Crippen molar-refractivity contribution in [1.29, 1.82) is 0 Å². The van der Waals surface area contributed by atoms with E-state index < -0.39 is 5.54 Å². The van der Waals surface area contributed by atoms with Crippen LogP contribution in [0.1, 0.15) is 39.7 Å². The number of ether oxygens (including phenoxy) is 2. The van der Waals surface area contributed by atoms with E-state index in [1.54, 1.807) is 0 Å². The van der Waals surface area contributed by atoms with Crippen LogP contribution in [0.2, 0.25) is 0 Å². The van der Waals surface area contributed by atoms with Crippen LogP contribution in [0.25, 0.3) is 0 Å². The minimum absolute atomic E-state index is 0. The molecule has 0 bridgehead atoms. The van der Waals surface area contributed by atoms with E-state index in [9.17, 15) is 4.79 Å². The Labute approximate surface area is 163 Å². The van der Waals surface area contributed by atoms with Crippen LogP contribution in [0.15, 0.2) is 30.3 Å². The fourth-order valence-electron chi connectivity index (χ4n) is 3.26. The number of nitrogens with one attached hydrogen (secondary N) is 1. The maximum atomic E-state index is 12.6. The lowest BCUT2D eigenvalue weighted by Gasteiger charge is -2.57. The van der Waals surface area contributed by atoms with Crippen LogP contribution in [0.4, 0.5) is 0 Å². The second-order valence-electron chi connectivity index (χ2n) is 7.66. The smallest absolute Gasteiger partial charge is 0.240 e. The van der Waals surface area contributed by atoms with Crippen LogP contribution in [-0.2, 0) is 20.9 Å². The van der Waals surface area contributed by atoms with Crippen LogP contribution in [0, 0.1) is 11.3 Å². The van der Waals surface area contributed by atoms with Gasteiger partial charge in [0.05, 0.1) is 19.3 Å². The summed E-state index contributed by atoms with van der Waals surface area (Å²) in [6.07, 6.45) is 0.610. The van der Waals surface area contributed by atoms with Crippen molar-refractivity contribution in [3.63, 3.8) is 0 Å². The molecule has 1 aliphatic carbocycles. The summed E-state index contributed by atoms with van der Waals surface area (Å²) >= 11 is 0. The number of rotatable bonds is 9. The largest absolute Gasteiger partial charge is 0.378 e. The van der Waals surface area contributed by atoms with Gasteiger partial charge in [-0.2, -0.15) is 0 Å². The fraction of sp³-hybridized carbons (Fsp3) is 0.650. The Bertz CT molecular complexity index is 567. The maximum Gasteiger partial charge on any atom is 0.240 e. The van der Waals surface area contributed by atoms with Gasteiger partial charge in [0.2, 0.25) is 5.91 Å². The molecule has 0 aliphatic heterocycles. The third-order valence-corrected chi connectivity index (χ3v) is 5.36. The summed E-state index contributed by atoms with van der Waals surface area (Å²) in [6, 6.07) is 10.1. The van der Waals surface area contributed by atoms with Crippen LogP contribution in [0.5, 0.6) is 0 Å². The Morgan fingerprint density at radius 2 is 2.00 bits per heavy atom. The zero-order valence-electron chi connectivity index (χ0n) is 16.3. The van der Waals surface area contributed by atoms with Crippen molar-refractivity contribution >= 4 is 18.3 Å². The minimum atomic E-state index is -0.864. The molecule has 3 atom stereocenters. The first-order valence-corrected chi connectivity index (χ1v) is 9.11. The molecule has 148 valence electrons. The minimum Gasteiger partial charge on any atom is -0.378 e. The highest BCUT2D eigenvalue weighted by Crippen LogP contribution is 2.49. The van der Waals surface area contributed by atoms with Crippen molar-refractivity contribution < 1.29 is 14.3 Å². The van der Waals surface area contributed by atoms with Crippen molar-refractivity contribution in [2.24, 2.45) is 17.1 Å². The molecule has 1 amide bonds. The molecule has 1 saturated carbocycles. The molecule has 0 saturated heterocycles. The highest BCUT2D eigenvalue weighted by Gasteiger charge is 2.62. The summed E-state index contributed by atoms with van der Waals surface area (Å²) in [7, 11) is 0.